The van der Waals surface area contributed by atoms with Gasteiger partial charge >= 0.3 is 0 Å². The zero-order chi connectivity index (χ0) is 7.40. The van der Waals surface area contributed by atoms with E-state index in [1.165, 1.54) is 26.4 Å². The molecule has 1 aliphatic carbocycles. The van der Waals surface area contributed by atoms with Crippen LogP contribution in [0.5, 0.6) is 0 Å². The lowest BCUT2D eigenvalue weighted by molar-refractivity contribution is -0.132. The van der Waals surface area contributed by atoms with E-state index in [9.17, 15) is 4.79 Å². The Kier molecular flexibility index (Phi) is 2.68. The molecule has 0 heterocycles. The second kappa shape index (κ2) is 3.56. The van der Waals surface area contributed by atoms with Crippen LogP contribution in [0.2, 0.25) is 0 Å². The van der Waals surface area contributed by atoms with Crippen LogP contribution in [0.25, 0.3) is 0 Å². The first-order valence-corrected chi connectivity index (χ1v) is 3.64. The van der Waals surface area contributed by atoms with Crippen LogP contribution < -0.4 is 5.48 Å². The summed E-state index contributed by atoms with van der Waals surface area (Å²) in [7, 11) is 1.46. The van der Waals surface area contributed by atoms with E-state index in [4.69, 9.17) is 0 Å². The van der Waals surface area contributed by atoms with E-state index < -0.39 is 0 Å². The van der Waals surface area contributed by atoms with E-state index in [1.807, 2.05) is 0 Å². The highest BCUT2D eigenvalue weighted by molar-refractivity contribution is 5.75. The quantitative estimate of drug-likeness (QED) is 0.595. The number of rotatable bonds is 3. The van der Waals surface area contributed by atoms with Crippen molar-refractivity contribution in [2.24, 2.45) is 5.92 Å². The summed E-state index contributed by atoms with van der Waals surface area (Å²) in [5.74, 6) is 0.627. The minimum absolute atomic E-state index is 0.00667. The molecule has 10 heavy (non-hydrogen) atoms. The smallest absolute Gasteiger partial charge is 0.243 e. The standard InChI is InChI=1S/C7H13NO2/c1-10-8-7(9)5-6-3-2-4-6/h6H,2-5H2,1H3,(H,8,9). The molecular weight excluding hydrogens is 130 g/mol. The highest BCUT2D eigenvalue weighted by atomic mass is 16.6. The molecule has 1 amide bonds. The molecule has 3 nitrogen and oxygen atoms in total. The molecule has 0 aromatic heterocycles. The third kappa shape index (κ3) is 1.99. The van der Waals surface area contributed by atoms with Crippen LogP contribution in [0.1, 0.15) is 25.7 Å². The molecule has 0 radical (unpaired) electrons. The van der Waals surface area contributed by atoms with Gasteiger partial charge in [0.05, 0.1) is 7.11 Å². The Morgan fingerprint density at radius 2 is 2.40 bits per heavy atom. The van der Waals surface area contributed by atoms with Crippen molar-refractivity contribution in [1.29, 1.82) is 0 Å². The molecule has 0 aromatic rings. The van der Waals surface area contributed by atoms with Crippen molar-refractivity contribution < 1.29 is 9.63 Å². The van der Waals surface area contributed by atoms with Gasteiger partial charge in [0.2, 0.25) is 5.91 Å². The molecule has 0 bridgehead atoms. The summed E-state index contributed by atoms with van der Waals surface area (Å²) >= 11 is 0. The molecule has 1 rings (SSSR count). The van der Waals surface area contributed by atoms with Gasteiger partial charge in [-0.1, -0.05) is 6.42 Å². The molecule has 1 aliphatic rings. The maximum absolute atomic E-state index is 10.8. The van der Waals surface area contributed by atoms with Gasteiger partial charge in [0, 0.05) is 6.42 Å². The van der Waals surface area contributed by atoms with E-state index in [-0.39, 0.29) is 5.91 Å². The third-order valence-corrected chi connectivity index (χ3v) is 1.91. The number of hydrogen-bond acceptors (Lipinski definition) is 2. The van der Waals surface area contributed by atoms with E-state index in [0.29, 0.717) is 12.3 Å². The van der Waals surface area contributed by atoms with Crippen molar-refractivity contribution in [3.05, 3.63) is 0 Å². The molecule has 0 aromatic carbocycles. The number of carbonyl (C=O) groups is 1. The molecular formula is C7H13NO2. The maximum atomic E-state index is 10.8. The predicted molar refractivity (Wildman–Crippen MR) is 37.1 cm³/mol. The third-order valence-electron chi connectivity index (χ3n) is 1.91. The monoisotopic (exact) mass is 143 g/mol. The maximum Gasteiger partial charge on any atom is 0.243 e. The van der Waals surface area contributed by atoms with Crippen LogP contribution in [0.4, 0.5) is 0 Å². The van der Waals surface area contributed by atoms with Crippen molar-refractivity contribution in [2.75, 3.05) is 7.11 Å². The van der Waals surface area contributed by atoms with Gasteiger partial charge < -0.3 is 0 Å². The van der Waals surface area contributed by atoms with Crippen LogP contribution in [0, 0.1) is 5.92 Å². The number of hydroxylamine groups is 1. The molecule has 1 N–H and O–H groups in total. The Morgan fingerprint density at radius 3 is 2.80 bits per heavy atom. The van der Waals surface area contributed by atoms with E-state index in [2.05, 4.69) is 10.3 Å². The lowest BCUT2D eigenvalue weighted by atomic mass is 9.83. The average molecular weight is 143 g/mol. The van der Waals surface area contributed by atoms with Crippen LogP contribution in [-0.2, 0) is 9.63 Å². The summed E-state index contributed by atoms with van der Waals surface area (Å²) in [4.78, 5) is 15.3. The van der Waals surface area contributed by atoms with Crippen molar-refractivity contribution >= 4 is 5.91 Å². The van der Waals surface area contributed by atoms with Gasteiger partial charge in [0.25, 0.3) is 0 Å². The normalized spacial score (nSPS) is 18.1. The van der Waals surface area contributed by atoms with E-state index in [1.54, 1.807) is 0 Å². The summed E-state index contributed by atoms with van der Waals surface area (Å²) in [5, 5.41) is 0. The van der Waals surface area contributed by atoms with Gasteiger partial charge in [0.1, 0.15) is 0 Å². The van der Waals surface area contributed by atoms with Crippen molar-refractivity contribution in [1.82, 2.24) is 5.48 Å². The zero-order valence-electron chi connectivity index (χ0n) is 6.22. The Bertz CT molecular complexity index is 121. The Labute approximate surface area is 60.7 Å². The van der Waals surface area contributed by atoms with Gasteiger partial charge in [-0.15, -0.1) is 0 Å². The highest BCUT2D eigenvalue weighted by Crippen LogP contribution is 2.28. The number of amides is 1. The van der Waals surface area contributed by atoms with Gasteiger partial charge in [-0.25, -0.2) is 5.48 Å². The Balaban J connectivity index is 2.05. The average Bonchev–Trinajstić information content (AvgIpc) is 1.80. The van der Waals surface area contributed by atoms with Gasteiger partial charge in [-0.05, 0) is 18.8 Å². The van der Waals surface area contributed by atoms with E-state index >= 15 is 0 Å². The topological polar surface area (TPSA) is 38.3 Å². The molecule has 58 valence electrons. The summed E-state index contributed by atoms with van der Waals surface area (Å²) in [6.07, 6.45) is 4.33. The lowest BCUT2D eigenvalue weighted by Gasteiger charge is -2.23. The first-order chi connectivity index (χ1) is 4.83. The van der Waals surface area contributed by atoms with Crippen molar-refractivity contribution in [3.63, 3.8) is 0 Å². The molecule has 0 spiro atoms. The largest absolute Gasteiger partial charge is 0.277 e. The fraction of sp³-hybridized carbons (Fsp3) is 0.857. The zero-order valence-corrected chi connectivity index (χ0v) is 6.22. The van der Waals surface area contributed by atoms with Crippen LogP contribution >= 0.6 is 0 Å². The fourth-order valence-electron chi connectivity index (χ4n) is 1.11. The van der Waals surface area contributed by atoms with Crippen LogP contribution in [-0.4, -0.2) is 13.0 Å². The lowest BCUT2D eigenvalue weighted by Crippen LogP contribution is -2.26. The van der Waals surface area contributed by atoms with Crippen LogP contribution in [0.15, 0.2) is 0 Å². The minimum atomic E-state index is 0.00667. The summed E-state index contributed by atoms with van der Waals surface area (Å²) < 4.78 is 0. The molecule has 0 unspecified atom stereocenters. The molecule has 1 fully saturated rings. The van der Waals surface area contributed by atoms with E-state index in [0.717, 1.165) is 0 Å². The predicted octanol–water partition coefficient (Wildman–Crippen LogP) is 0.854. The number of nitrogens with one attached hydrogen (secondary N) is 1. The molecule has 0 atom stereocenters. The minimum Gasteiger partial charge on any atom is -0.277 e. The molecule has 3 heteroatoms. The van der Waals surface area contributed by atoms with Crippen molar-refractivity contribution in [3.8, 4) is 0 Å². The molecule has 0 aliphatic heterocycles. The number of carbonyl (C=O) groups excluding carboxylic acids is 1. The fourth-order valence-corrected chi connectivity index (χ4v) is 1.11. The number of hydrogen-bond donors (Lipinski definition) is 1. The second-order valence-electron chi connectivity index (χ2n) is 2.73. The Morgan fingerprint density at radius 1 is 1.70 bits per heavy atom. The second-order valence-corrected chi connectivity index (χ2v) is 2.73. The first kappa shape index (κ1) is 7.54. The summed E-state index contributed by atoms with van der Waals surface area (Å²) in [6, 6.07) is 0. The van der Waals surface area contributed by atoms with Crippen LogP contribution in [0.3, 0.4) is 0 Å². The SMILES string of the molecule is CONC(=O)CC1CCC1. The molecule has 1 saturated carbocycles. The van der Waals surface area contributed by atoms with Gasteiger partial charge in [-0.3, -0.25) is 9.63 Å². The summed E-state index contributed by atoms with van der Waals surface area (Å²) in [5.41, 5.74) is 2.31. The Hall–Kier alpha value is -0.570. The first-order valence-electron chi connectivity index (χ1n) is 3.64. The van der Waals surface area contributed by atoms with Crippen molar-refractivity contribution in [2.45, 2.75) is 25.7 Å². The van der Waals surface area contributed by atoms with Gasteiger partial charge in [-0.2, -0.15) is 0 Å². The molecule has 0 saturated heterocycles. The highest BCUT2D eigenvalue weighted by Gasteiger charge is 2.20. The van der Waals surface area contributed by atoms with Gasteiger partial charge in [0.15, 0.2) is 0 Å². The summed E-state index contributed by atoms with van der Waals surface area (Å²) in [6.45, 7) is 0.